The Bertz CT molecular complexity index is 668. The summed E-state index contributed by atoms with van der Waals surface area (Å²) in [6.07, 6.45) is -0.516. The van der Waals surface area contributed by atoms with Gasteiger partial charge in [-0.15, -0.1) is 0 Å². The van der Waals surface area contributed by atoms with Gasteiger partial charge in [0.2, 0.25) is 0 Å². The number of nitriles is 4. The van der Waals surface area contributed by atoms with Crippen LogP contribution in [0.5, 0.6) is 5.75 Å². The minimum atomic E-state index is -1.97. The maximum absolute atomic E-state index is 12.2. The molecule has 1 rings (SSSR count). The van der Waals surface area contributed by atoms with Gasteiger partial charge in [-0.2, -0.15) is 21.0 Å². The number of carbonyl (C=O) groups is 1. The fraction of sp³-hybridized carbons (Fsp3) is 0.267. The van der Waals surface area contributed by atoms with E-state index in [1.807, 2.05) is 0 Å². The first kappa shape index (κ1) is 15.7. The third-order valence-electron chi connectivity index (χ3n) is 3.00. The first-order valence-corrected chi connectivity index (χ1v) is 5.86. The van der Waals surface area contributed by atoms with Crippen LogP contribution in [-0.2, 0) is 0 Å². The van der Waals surface area contributed by atoms with Crippen molar-refractivity contribution in [3.63, 3.8) is 0 Å². The monoisotopic (exact) mass is 278 g/mol. The summed E-state index contributed by atoms with van der Waals surface area (Å²) in [7, 11) is 1.48. The highest BCUT2D eigenvalue weighted by atomic mass is 16.5. The number of ether oxygens (including phenoxy) is 1. The highest BCUT2D eigenvalue weighted by molar-refractivity contribution is 5.97. The molecule has 0 heterocycles. The Hall–Kier alpha value is -3.35. The van der Waals surface area contributed by atoms with Crippen molar-refractivity contribution in [3.8, 4) is 30.0 Å². The predicted molar refractivity (Wildman–Crippen MR) is 70.3 cm³/mol. The van der Waals surface area contributed by atoms with Crippen molar-refractivity contribution in [3.05, 3.63) is 29.8 Å². The topological polar surface area (TPSA) is 121 Å². The van der Waals surface area contributed by atoms with E-state index in [1.165, 1.54) is 19.2 Å². The normalized spacial score (nSPS) is 9.81. The second-order valence-corrected chi connectivity index (χ2v) is 4.21. The van der Waals surface area contributed by atoms with Crippen LogP contribution in [0.25, 0.3) is 0 Å². The maximum atomic E-state index is 12.2. The Morgan fingerprint density at radius 1 is 1.14 bits per heavy atom. The molecule has 1 aromatic carbocycles. The third-order valence-corrected chi connectivity index (χ3v) is 3.00. The molecule has 0 saturated heterocycles. The molecule has 0 aliphatic carbocycles. The molecule has 6 heteroatoms. The van der Waals surface area contributed by atoms with Gasteiger partial charge in [-0.1, -0.05) is 0 Å². The molecule has 0 atom stereocenters. The van der Waals surface area contributed by atoms with Gasteiger partial charge in [-0.05, 0) is 24.3 Å². The number of carbonyl (C=O) groups excluding carboxylic acids is 1. The maximum Gasteiger partial charge on any atom is 0.179 e. The largest absolute Gasteiger partial charge is 0.497 e. The van der Waals surface area contributed by atoms with E-state index >= 15 is 0 Å². The first-order valence-electron chi connectivity index (χ1n) is 5.86. The summed E-state index contributed by atoms with van der Waals surface area (Å²) >= 11 is 0. The Morgan fingerprint density at radius 2 is 1.67 bits per heavy atom. The number of hydrogen-bond acceptors (Lipinski definition) is 6. The van der Waals surface area contributed by atoms with E-state index in [4.69, 9.17) is 25.8 Å². The van der Waals surface area contributed by atoms with Crippen molar-refractivity contribution in [1.29, 1.82) is 21.0 Å². The molecular formula is C15H10N4O2. The molecule has 0 aromatic heterocycles. The van der Waals surface area contributed by atoms with Crippen molar-refractivity contribution >= 4 is 5.78 Å². The summed E-state index contributed by atoms with van der Waals surface area (Å²) in [6, 6.07) is 12.6. The molecule has 0 amide bonds. The molecule has 0 spiro atoms. The lowest BCUT2D eigenvalue weighted by Crippen LogP contribution is -2.29. The number of hydrogen-bond donors (Lipinski definition) is 0. The number of ketones is 1. The lowest BCUT2D eigenvalue weighted by Gasteiger charge is -2.17. The highest BCUT2D eigenvalue weighted by Gasteiger charge is 2.42. The van der Waals surface area contributed by atoms with Crippen molar-refractivity contribution in [2.75, 3.05) is 7.11 Å². The summed E-state index contributed by atoms with van der Waals surface area (Å²) in [5.41, 5.74) is -1.69. The molecule has 0 fully saturated rings. The summed E-state index contributed by atoms with van der Waals surface area (Å²) in [5.74, 6) is -1.42. The predicted octanol–water partition coefficient (Wildman–Crippen LogP) is 1.96. The number of Topliss-reactive ketones (excluding diaryl/α,β-unsaturated/α-hetero) is 1. The molecule has 102 valence electrons. The summed E-state index contributed by atoms with van der Waals surface area (Å²) in [6.45, 7) is 0. The van der Waals surface area contributed by atoms with Crippen LogP contribution in [0.4, 0.5) is 0 Å². The Kier molecular flexibility index (Phi) is 5.02. The highest BCUT2D eigenvalue weighted by Crippen LogP contribution is 2.31. The SMILES string of the molecule is COc1ccc(C(=O)CC(C#N)(C#N)C(C#N)C#N)cc1. The van der Waals surface area contributed by atoms with Crippen molar-refractivity contribution in [2.24, 2.45) is 11.3 Å². The molecule has 0 aliphatic heterocycles. The molecule has 21 heavy (non-hydrogen) atoms. The van der Waals surface area contributed by atoms with Crippen molar-refractivity contribution in [1.82, 2.24) is 0 Å². The van der Waals surface area contributed by atoms with E-state index < -0.39 is 23.5 Å². The van der Waals surface area contributed by atoms with E-state index in [1.54, 1.807) is 36.4 Å². The summed E-state index contributed by atoms with van der Waals surface area (Å²) in [5, 5.41) is 36.0. The molecule has 0 unspecified atom stereocenters. The smallest absolute Gasteiger partial charge is 0.179 e. The second-order valence-electron chi connectivity index (χ2n) is 4.21. The van der Waals surface area contributed by atoms with Crippen LogP contribution >= 0.6 is 0 Å². The van der Waals surface area contributed by atoms with Gasteiger partial charge in [-0.25, -0.2) is 0 Å². The zero-order chi connectivity index (χ0) is 15.9. The van der Waals surface area contributed by atoms with Crippen molar-refractivity contribution in [2.45, 2.75) is 6.42 Å². The van der Waals surface area contributed by atoms with Gasteiger partial charge in [0.1, 0.15) is 5.75 Å². The zero-order valence-corrected chi connectivity index (χ0v) is 11.2. The number of rotatable bonds is 5. The van der Waals surface area contributed by atoms with Gasteiger partial charge in [0, 0.05) is 12.0 Å². The Balaban J connectivity index is 3.08. The van der Waals surface area contributed by atoms with Crippen LogP contribution in [0.1, 0.15) is 16.8 Å². The second kappa shape index (κ2) is 6.71. The van der Waals surface area contributed by atoms with E-state index in [-0.39, 0.29) is 5.56 Å². The lowest BCUT2D eigenvalue weighted by atomic mass is 9.74. The molecule has 0 bridgehead atoms. The van der Waals surface area contributed by atoms with Crippen LogP contribution in [0, 0.1) is 56.7 Å². The van der Waals surface area contributed by atoms with Gasteiger partial charge in [-0.3, -0.25) is 4.79 Å². The van der Waals surface area contributed by atoms with E-state index in [0.717, 1.165) is 0 Å². The van der Waals surface area contributed by atoms with Gasteiger partial charge in [0.25, 0.3) is 0 Å². The average molecular weight is 278 g/mol. The van der Waals surface area contributed by atoms with Gasteiger partial charge in [0.05, 0.1) is 31.4 Å². The Morgan fingerprint density at radius 3 is 2.05 bits per heavy atom. The van der Waals surface area contributed by atoms with Crippen LogP contribution in [0.15, 0.2) is 24.3 Å². The number of nitrogens with zero attached hydrogens (tertiary/aromatic N) is 4. The van der Waals surface area contributed by atoms with Gasteiger partial charge >= 0.3 is 0 Å². The molecule has 0 radical (unpaired) electrons. The average Bonchev–Trinajstić information content (AvgIpc) is 2.54. The minimum Gasteiger partial charge on any atom is -0.497 e. The fourth-order valence-electron chi connectivity index (χ4n) is 1.72. The first-order chi connectivity index (χ1) is 10.1. The summed E-state index contributed by atoms with van der Waals surface area (Å²) < 4.78 is 4.96. The number of methoxy groups -OCH3 is 1. The van der Waals surface area contributed by atoms with Crippen LogP contribution < -0.4 is 4.74 Å². The van der Waals surface area contributed by atoms with Gasteiger partial charge in [0.15, 0.2) is 17.1 Å². The molecule has 0 saturated carbocycles. The standard InChI is InChI=1S/C15H10N4O2/c1-21-13-4-2-11(3-5-13)14(20)6-15(9-18,10-19)12(7-16)8-17/h2-5,12H,6H2,1H3. The van der Waals surface area contributed by atoms with Crippen molar-refractivity contribution < 1.29 is 9.53 Å². The molecule has 0 aliphatic rings. The van der Waals surface area contributed by atoms with Gasteiger partial charge < -0.3 is 4.74 Å². The minimum absolute atomic E-state index is 0.278. The number of benzene rings is 1. The van der Waals surface area contributed by atoms with Crippen LogP contribution in [0.3, 0.4) is 0 Å². The molecule has 6 nitrogen and oxygen atoms in total. The van der Waals surface area contributed by atoms with E-state index in [0.29, 0.717) is 5.75 Å². The fourth-order valence-corrected chi connectivity index (χ4v) is 1.72. The van der Waals surface area contributed by atoms with Crippen LogP contribution in [0.2, 0.25) is 0 Å². The zero-order valence-electron chi connectivity index (χ0n) is 11.2. The van der Waals surface area contributed by atoms with Crippen LogP contribution in [-0.4, -0.2) is 12.9 Å². The van der Waals surface area contributed by atoms with E-state index in [9.17, 15) is 4.79 Å². The molecular weight excluding hydrogens is 268 g/mol. The van der Waals surface area contributed by atoms with E-state index in [2.05, 4.69) is 0 Å². The summed E-state index contributed by atoms with van der Waals surface area (Å²) in [4.78, 5) is 12.2. The molecule has 0 N–H and O–H groups in total. The quantitative estimate of drug-likeness (QED) is 0.759. The molecule has 1 aromatic rings. The lowest BCUT2D eigenvalue weighted by molar-refractivity contribution is 0.0951. The third kappa shape index (κ3) is 3.16. The Labute approximate surface area is 122 Å².